The molecule has 1 heterocycles. The molecule has 0 unspecified atom stereocenters. The number of hydrogen-bond acceptors (Lipinski definition) is 8. The third kappa shape index (κ3) is 4.18. The molecular weight excluding hydrogens is 404 g/mol. The number of phenolic OH excluding ortho intramolecular Hbond substituents is 1. The molecular formula is C23H22O8. The quantitative estimate of drug-likeness (QED) is 0.427. The maximum atomic E-state index is 13.0. The van der Waals surface area contributed by atoms with Gasteiger partial charge in [0, 0.05) is 5.56 Å². The molecule has 0 bridgehead atoms. The minimum absolute atomic E-state index is 0.00762. The number of esters is 1. The summed E-state index contributed by atoms with van der Waals surface area (Å²) in [5.74, 6) is -0.172. The molecule has 8 nitrogen and oxygen atoms in total. The number of ether oxygens (including phenoxy) is 4. The molecule has 3 rings (SSSR count). The molecule has 0 amide bonds. The van der Waals surface area contributed by atoms with E-state index in [2.05, 4.69) is 6.58 Å². The van der Waals surface area contributed by atoms with Crippen LogP contribution in [0.5, 0.6) is 23.0 Å². The largest absolute Gasteiger partial charge is 0.507 e. The summed E-state index contributed by atoms with van der Waals surface area (Å²) in [5, 5.41) is 10.3. The van der Waals surface area contributed by atoms with Crippen molar-refractivity contribution >= 4 is 16.9 Å². The summed E-state index contributed by atoms with van der Waals surface area (Å²) in [4.78, 5) is 25.1. The molecule has 0 saturated heterocycles. The number of carbonyl (C=O) groups is 1. The van der Waals surface area contributed by atoms with Crippen LogP contribution in [0, 0.1) is 0 Å². The Balaban J connectivity index is 2.25. The number of phenols is 1. The minimum Gasteiger partial charge on any atom is -0.507 e. The Morgan fingerprint density at radius 3 is 2.58 bits per heavy atom. The minimum atomic E-state index is -0.649. The Morgan fingerprint density at radius 2 is 1.94 bits per heavy atom. The van der Waals surface area contributed by atoms with E-state index in [1.54, 1.807) is 31.2 Å². The van der Waals surface area contributed by atoms with Crippen LogP contribution in [-0.2, 0) is 4.74 Å². The molecule has 0 aliphatic rings. The van der Waals surface area contributed by atoms with E-state index in [1.807, 2.05) is 0 Å². The van der Waals surface area contributed by atoms with Gasteiger partial charge in [0.1, 0.15) is 23.3 Å². The highest BCUT2D eigenvalue weighted by atomic mass is 16.5. The van der Waals surface area contributed by atoms with Gasteiger partial charge in [-0.15, -0.1) is 0 Å². The second-order valence-electron chi connectivity index (χ2n) is 6.35. The molecule has 0 aliphatic heterocycles. The zero-order valence-electron chi connectivity index (χ0n) is 17.4. The summed E-state index contributed by atoms with van der Waals surface area (Å²) in [6, 6.07) is 7.45. The van der Waals surface area contributed by atoms with Crippen molar-refractivity contribution in [2.45, 2.75) is 6.92 Å². The van der Waals surface area contributed by atoms with Crippen LogP contribution in [0.15, 0.2) is 52.2 Å². The third-order valence-electron chi connectivity index (χ3n) is 4.43. The lowest BCUT2D eigenvalue weighted by molar-refractivity contribution is 0.0526. The van der Waals surface area contributed by atoms with Gasteiger partial charge in [-0.25, -0.2) is 4.79 Å². The first-order valence-electron chi connectivity index (χ1n) is 9.42. The Bertz CT molecular complexity index is 1190. The van der Waals surface area contributed by atoms with Crippen molar-refractivity contribution in [3.8, 4) is 34.3 Å². The van der Waals surface area contributed by atoms with Crippen molar-refractivity contribution in [3.05, 3.63) is 58.8 Å². The molecule has 0 atom stereocenters. The summed E-state index contributed by atoms with van der Waals surface area (Å²) >= 11 is 0. The maximum absolute atomic E-state index is 13.0. The van der Waals surface area contributed by atoms with Crippen LogP contribution in [0.2, 0.25) is 0 Å². The fourth-order valence-corrected chi connectivity index (χ4v) is 3.07. The fraction of sp³-hybridized carbons (Fsp3) is 0.217. The van der Waals surface area contributed by atoms with Crippen LogP contribution in [0.4, 0.5) is 0 Å². The Morgan fingerprint density at radius 1 is 1.16 bits per heavy atom. The second-order valence-corrected chi connectivity index (χ2v) is 6.35. The molecule has 1 aromatic heterocycles. The first-order valence-corrected chi connectivity index (χ1v) is 9.42. The molecule has 0 aliphatic carbocycles. The Hall–Kier alpha value is -3.94. The number of benzene rings is 2. The van der Waals surface area contributed by atoms with Gasteiger partial charge in [0.15, 0.2) is 17.3 Å². The van der Waals surface area contributed by atoms with E-state index in [4.69, 9.17) is 23.4 Å². The first-order chi connectivity index (χ1) is 14.9. The number of aromatic hydroxyl groups is 1. The molecule has 2 aromatic carbocycles. The van der Waals surface area contributed by atoms with E-state index in [1.165, 1.54) is 20.3 Å². The van der Waals surface area contributed by atoms with Crippen molar-refractivity contribution in [1.29, 1.82) is 0 Å². The number of carbonyl (C=O) groups excluding carboxylic acids is 1. The summed E-state index contributed by atoms with van der Waals surface area (Å²) < 4.78 is 27.1. The van der Waals surface area contributed by atoms with Crippen LogP contribution in [-0.4, -0.2) is 38.5 Å². The summed E-state index contributed by atoms with van der Waals surface area (Å²) in [7, 11) is 2.83. The predicted octanol–water partition coefficient (Wildman–Crippen LogP) is 3.92. The van der Waals surface area contributed by atoms with Crippen molar-refractivity contribution in [1.82, 2.24) is 0 Å². The van der Waals surface area contributed by atoms with E-state index in [-0.39, 0.29) is 41.3 Å². The van der Waals surface area contributed by atoms with Crippen molar-refractivity contribution in [2.24, 2.45) is 0 Å². The van der Waals surface area contributed by atoms with Gasteiger partial charge in [0.05, 0.1) is 26.4 Å². The highest BCUT2D eigenvalue weighted by Gasteiger charge is 2.22. The fourth-order valence-electron chi connectivity index (χ4n) is 3.07. The highest BCUT2D eigenvalue weighted by Crippen LogP contribution is 2.38. The number of hydrogen-bond donors (Lipinski definition) is 1. The predicted molar refractivity (Wildman–Crippen MR) is 114 cm³/mol. The van der Waals surface area contributed by atoms with E-state index < -0.39 is 17.1 Å². The summed E-state index contributed by atoms with van der Waals surface area (Å²) in [5.41, 5.74) is -0.0585. The molecule has 0 fully saturated rings. The normalized spacial score (nSPS) is 10.5. The molecule has 0 saturated carbocycles. The average Bonchev–Trinajstić information content (AvgIpc) is 2.77. The second kappa shape index (κ2) is 9.25. The van der Waals surface area contributed by atoms with E-state index in [0.717, 1.165) is 6.07 Å². The monoisotopic (exact) mass is 426 g/mol. The zero-order chi connectivity index (χ0) is 22.5. The number of rotatable bonds is 8. The van der Waals surface area contributed by atoms with Crippen LogP contribution in [0.1, 0.15) is 17.3 Å². The van der Waals surface area contributed by atoms with Crippen molar-refractivity contribution in [2.75, 3.05) is 27.4 Å². The molecule has 31 heavy (non-hydrogen) atoms. The van der Waals surface area contributed by atoms with Crippen LogP contribution in [0.3, 0.4) is 0 Å². The van der Waals surface area contributed by atoms with Crippen LogP contribution in [0.25, 0.3) is 22.3 Å². The van der Waals surface area contributed by atoms with Gasteiger partial charge in [0.25, 0.3) is 0 Å². The maximum Gasteiger partial charge on any atom is 0.338 e. The van der Waals surface area contributed by atoms with E-state index in [9.17, 15) is 14.7 Å². The van der Waals surface area contributed by atoms with Crippen molar-refractivity contribution < 1.29 is 33.3 Å². The lowest BCUT2D eigenvalue weighted by Gasteiger charge is -2.13. The van der Waals surface area contributed by atoms with Gasteiger partial charge in [-0.2, -0.15) is 0 Å². The molecule has 1 N–H and O–H groups in total. The van der Waals surface area contributed by atoms with E-state index in [0.29, 0.717) is 17.1 Å². The molecule has 162 valence electrons. The van der Waals surface area contributed by atoms with Gasteiger partial charge < -0.3 is 28.5 Å². The van der Waals surface area contributed by atoms with Crippen LogP contribution >= 0.6 is 0 Å². The third-order valence-corrected chi connectivity index (χ3v) is 4.43. The van der Waals surface area contributed by atoms with Crippen molar-refractivity contribution in [3.63, 3.8) is 0 Å². The van der Waals surface area contributed by atoms with Gasteiger partial charge in [-0.05, 0) is 37.3 Å². The molecule has 0 radical (unpaired) electrons. The molecule has 0 spiro atoms. The summed E-state index contributed by atoms with van der Waals surface area (Å²) in [6.07, 6.45) is 1.59. The van der Waals surface area contributed by atoms with Gasteiger partial charge in [-0.1, -0.05) is 12.7 Å². The zero-order valence-corrected chi connectivity index (χ0v) is 17.4. The standard InChI is InChI=1S/C23H22O8/c1-5-9-30-17-11-13(7-8-16(17)27-3)21-22(28-4)20(25)19-15(24)10-14(12-18(19)31-21)23(26)29-6-2/h5,7-8,10-12,24H,1,6,9H2,2-4H3. The van der Waals surface area contributed by atoms with Crippen LogP contribution < -0.4 is 19.6 Å². The van der Waals surface area contributed by atoms with Gasteiger partial charge in [-0.3, -0.25) is 4.79 Å². The topological polar surface area (TPSA) is 104 Å². The highest BCUT2D eigenvalue weighted by molar-refractivity contribution is 5.97. The van der Waals surface area contributed by atoms with Gasteiger partial charge in [0.2, 0.25) is 11.2 Å². The summed E-state index contributed by atoms with van der Waals surface area (Å²) in [6.45, 7) is 5.69. The van der Waals surface area contributed by atoms with E-state index >= 15 is 0 Å². The lowest BCUT2D eigenvalue weighted by Crippen LogP contribution is -2.10. The lowest BCUT2D eigenvalue weighted by atomic mass is 10.1. The first kappa shape index (κ1) is 21.8. The number of methoxy groups -OCH3 is 2. The molecule has 8 heteroatoms. The number of fused-ring (bicyclic) bond motifs is 1. The molecule has 3 aromatic rings. The van der Waals surface area contributed by atoms with Gasteiger partial charge >= 0.3 is 5.97 Å². The Labute approximate surface area is 178 Å². The average molecular weight is 426 g/mol. The smallest absolute Gasteiger partial charge is 0.338 e. The Kier molecular flexibility index (Phi) is 6.49. The SMILES string of the molecule is C=CCOc1cc(-c2oc3cc(C(=O)OCC)cc(O)c3c(=O)c2OC)ccc1OC.